The Hall–Kier alpha value is -0.410. The normalized spacial score (nSPS) is 31.7. The number of aldehydes is 1. The van der Waals surface area contributed by atoms with Crippen molar-refractivity contribution in [3.05, 3.63) is 0 Å². The van der Waals surface area contributed by atoms with Crippen LogP contribution in [0.25, 0.3) is 0 Å². The van der Waals surface area contributed by atoms with Crippen molar-refractivity contribution in [1.29, 1.82) is 0 Å². The van der Waals surface area contributed by atoms with Crippen LogP contribution in [0.4, 0.5) is 0 Å². The van der Waals surface area contributed by atoms with Gasteiger partial charge in [-0.3, -0.25) is 0 Å². The number of methoxy groups -OCH3 is 1. The lowest BCUT2D eigenvalue weighted by Crippen LogP contribution is -2.37. The third-order valence-electron chi connectivity index (χ3n) is 2.03. The van der Waals surface area contributed by atoms with Crippen molar-refractivity contribution in [2.75, 3.05) is 26.9 Å². The smallest absolute Gasteiger partial charge is 0.130 e. The van der Waals surface area contributed by atoms with E-state index in [0.717, 1.165) is 25.7 Å². The van der Waals surface area contributed by atoms with Crippen LogP contribution in [-0.4, -0.2) is 33.2 Å². The average Bonchev–Trinajstić information content (AvgIpc) is 2.07. The molecule has 0 spiro atoms. The Kier molecular flexibility index (Phi) is 3.02. The van der Waals surface area contributed by atoms with E-state index < -0.39 is 0 Å². The molecule has 1 aliphatic rings. The minimum atomic E-state index is -0.354. The molecule has 3 heteroatoms. The predicted molar refractivity (Wildman–Crippen MR) is 40.4 cm³/mol. The first-order valence-corrected chi connectivity index (χ1v) is 3.86. The predicted octanol–water partition coefficient (Wildman–Crippen LogP) is 0.629. The Labute approximate surface area is 66.7 Å². The lowest BCUT2D eigenvalue weighted by Gasteiger charge is -2.30. The highest BCUT2D eigenvalue weighted by molar-refractivity contribution is 5.59. The number of rotatable bonds is 3. The fraction of sp³-hybridized carbons (Fsp3) is 0.875. The Morgan fingerprint density at radius 2 is 2.55 bits per heavy atom. The molecule has 1 saturated heterocycles. The first-order chi connectivity index (χ1) is 5.33. The summed E-state index contributed by atoms with van der Waals surface area (Å²) < 4.78 is 10.2. The van der Waals surface area contributed by atoms with E-state index in [-0.39, 0.29) is 5.41 Å². The fourth-order valence-electron chi connectivity index (χ4n) is 1.40. The summed E-state index contributed by atoms with van der Waals surface area (Å²) in [6.45, 7) is 1.78. The van der Waals surface area contributed by atoms with Crippen LogP contribution in [0.3, 0.4) is 0 Å². The second-order valence-corrected chi connectivity index (χ2v) is 3.07. The van der Waals surface area contributed by atoms with E-state index in [9.17, 15) is 4.79 Å². The van der Waals surface area contributed by atoms with E-state index in [1.807, 2.05) is 0 Å². The van der Waals surface area contributed by atoms with Gasteiger partial charge in [-0.25, -0.2) is 0 Å². The maximum atomic E-state index is 10.7. The third kappa shape index (κ3) is 2.01. The summed E-state index contributed by atoms with van der Waals surface area (Å²) in [5, 5.41) is 0. The highest BCUT2D eigenvalue weighted by Crippen LogP contribution is 2.26. The van der Waals surface area contributed by atoms with Crippen molar-refractivity contribution in [3.8, 4) is 0 Å². The van der Waals surface area contributed by atoms with E-state index in [4.69, 9.17) is 9.47 Å². The average molecular weight is 158 g/mol. The summed E-state index contributed by atoms with van der Waals surface area (Å²) in [5.41, 5.74) is -0.354. The number of hydrogen-bond donors (Lipinski definition) is 0. The van der Waals surface area contributed by atoms with Gasteiger partial charge in [-0.1, -0.05) is 0 Å². The zero-order valence-corrected chi connectivity index (χ0v) is 6.84. The van der Waals surface area contributed by atoms with Crippen molar-refractivity contribution in [2.24, 2.45) is 5.41 Å². The van der Waals surface area contributed by atoms with Crippen molar-refractivity contribution >= 4 is 6.29 Å². The molecule has 0 aliphatic carbocycles. The third-order valence-corrected chi connectivity index (χ3v) is 2.03. The molecule has 0 amide bonds. The summed E-state index contributed by atoms with van der Waals surface area (Å²) >= 11 is 0. The van der Waals surface area contributed by atoms with Gasteiger partial charge >= 0.3 is 0 Å². The maximum Gasteiger partial charge on any atom is 0.130 e. The largest absolute Gasteiger partial charge is 0.384 e. The van der Waals surface area contributed by atoms with Gasteiger partial charge in [0.15, 0.2) is 0 Å². The summed E-state index contributed by atoms with van der Waals surface area (Å²) in [5.74, 6) is 0. The zero-order valence-electron chi connectivity index (χ0n) is 6.84. The standard InChI is InChI=1S/C8H14O3/c1-10-6-8(5-9)3-2-4-11-7-8/h5H,2-4,6-7H2,1H3. The number of carbonyl (C=O) groups is 1. The van der Waals surface area contributed by atoms with Crippen LogP contribution in [0.15, 0.2) is 0 Å². The quantitative estimate of drug-likeness (QED) is 0.565. The lowest BCUT2D eigenvalue weighted by atomic mass is 9.85. The molecule has 0 aromatic rings. The summed E-state index contributed by atoms with van der Waals surface area (Å²) in [7, 11) is 1.61. The second kappa shape index (κ2) is 3.83. The highest BCUT2D eigenvalue weighted by Gasteiger charge is 2.32. The van der Waals surface area contributed by atoms with E-state index >= 15 is 0 Å². The summed E-state index contributed by atoms with van der Waals surface area (Å²) in [4.78, 5) is 10.7. The molecule has 0 aromatic carbocycles. The van der Waals surface area contributed by atoms with Crippen LogP contribution >= 0.6 is 0 Å². The van der Waals surface area contributed by atoms with Crippen molar-refractivity contribution in [2.45, 2.75) is 12.8 Å². The molecule has 1 fully saturated rings. The maximum absolute atomic E-state index is 10.7. The van der Waals surface area contributed by atoms with Crippen LogP contribution < -0.4 is 0 Å². The molecule has 1 heterocycles. The highest BCUT2D eigenvalue weighted by atomic mass is 16.5. The van der Waals surface area contributed by atoms with Gasteiger partial charge in [0, 0.05) is 13.7 Å². The van der Waals surface area contributed by atoms with Gasteiger partial charge in [0.2, 0.25) is 0 Å². The van der Waals surface area contributed by atoms with Crippen LogP contribution in [-0.2, 0) is 14.3 Å². The molecule has 1 atom stereocenters. The Balaban J connectivity index is 2.49. The lowest BCUT2D eigenvalue weighted by molar-refractivity contribution is -0.128. The van der Waals surface area contributed by atoms with Crippen molar-refractivity contribution in [1.82, 2.24) is 0 Å². The van der Waals surface area contributed by atoms with E-state index in [2.05, 4.69) is 0 Å². The Bertz CT molecular complexity index is 122. The second-order valence-electron chi connectivity index (χ2n) is 3.07. The number of ether oxygens (including phenoxy) is 2. The molecule has 3 nitrogen and oxygen atoms in total. The van der Waals surface area contributed by atoms with Gasteiger partial charge in [0.05, 0.1) is 18.6 Å². The molecule has 0 radical (unpaired) electrons. The van der Waals surface area contributed by atoms with Crippen LogP contribution in [0.5, 0.6) is 0 Å². The van der Waals surface area contributed by atoms with Crippen LogP contribution in [0, 0.1) is 5.41 Å². The SMILES string of the molecule is COCC1(C=O)CCCOC1. The first kappa shape index (κ1) is 8.68. The molecular weight excluding hydrogens is 144 g/mol. The van der Waals surface area contributed by atoms with E-state index in [1.54, 1.807) is 7.11 Å². The molecule has 64 valence electrons. The van der Waals surface area contributed by atoms with Gasteiger partial charge in [-0.2, -0.15) is 0 Å². The van der Waals surface area contributed by atoms with Gasteiger partial charge in [0.25, 0.3) is 0 Å². The number of hydrogen-bond acceptors (Lipinski definition) is 3. The molecular formula is C8H14O3. The van der Waals surface area contributed by atoms with Crippen molar-refractivity contribution in [3.63, 3.8) is 0 Å². The van der Waals surface area contributed by atoms with Gasteiger partial charge in [0.1, 0.15) is 6.29 Å². The van der Waals surface area contributed by atoms with Crippen LogP contribution in [0.1, 0.15) is 12.8 Å². The van der Waals surface area contributed by atoms with E-state index in [0.29, 0.717) is 13.2 Å². The van der Waals surface area contributed by atoms with Crippen LogP contribution in [0.2, 0.25) is 0 Å². The minimum absolute atomic E-state index is 0.354. The molecule has 1 unspecified atom stereocenters. The summed E-state index contributed by atoms with van der Waals surface area (Å²) in [6.07, 6.45) is 2.82. The van der Waals surface area contributed by atoms with E-state index in [1.165, 1.54) is 0 Å². The number of carbonyl (C=O) groups excluding carboxylic acids is 1. The molecule has 0 bridgehead atoms. The molecule has 0 saturated carbocycles. The Morgan fingerprint density at radius 1 is 1.73 bits per heavy atom. The Morgan fingerprint density at radius 3 is 3.00 bits per heavy atom. The topological polar surface area (TPSA) is 35.5 Å². The van der Waals surface area contributed by atoms with Gasteiger partial charge in [-0.05, 0) is 12.8 Å². The first-order valence-electron chi connectivity index (χ1n) is 3.86. The zero-order chi connectivity index (χ0) is 8.16. The molecule has 11 heavy (non-hydrogen) atoms. The monoisotopic (exact) mass is 158 g/mol. The molecule has 0 aromatic heterocycles. The van der Waals surface area contributed by atoms with Gasteiger partial charge < -0.3 is 14.3 Å². The van der Waals surface area contributed by atoms with Gasteiger partial charge in [-0.15, -0.1) is 0 Å². The molecule has 1 aliphatic heterocycles. The fourth-order valence-corrected chi connectivity index (χ4v) is 1.40. The summed E-state index contributed by atoms with van der Waals surface area (Å²) in [6, 6.07) is 0. The minimum Gasteiger partial charge on any atom is -0.384 e. The van der Waals surface area contributed by atoms with Crippen molar-refractivity contribution < 1.29 is 14.3 Å². The molecule has 1 rings (SSSR count). The molecule has 0 N–H and O–H groups in total.